The summed E-state index contributed by atoms with van der Waals surface area (Å²) < 4.78 is 4.81. The average molecular weight is 252 g/mol. The molecule has 1 unspecified atom stereocenters. The fourth-order valence-electron chi connectivity index (χ4n) is 1.17. The fourth-order valence-corrected chi connectivity index (χ4v) is 1.17. The van der Waals surface area contributed by atoms with Crippen LogP contribution in [-0.2, 0) is 9.59 Å². The Balaban J connectivity index is 2.56. The van der Waals surface area contributed by atoms with Gasteiger partial charge in [-0.05, 0) is 12.1 Å². The molecule has 96 valence electrons. The van der Waals surface area contributed by atoms with Gasteiger partial charge >= 0.3 is 12.1 Å². The number of carbonyl (C=O) groups is 3. The molecule has 0 radical (unpaired) electrons. The molecular formula is C11H12N2O5. The van der Waals surface area contributed by atoms with E-state index in [4.69, 9.17) is 15.6 Å². The second-order valence-corrected chi connectivity index (χ2v) is 3.41. The number of para-hydroxylation sites is 1. The summed E-state index contributed by atoms with van der Waals surface area (Å²) in [5.74, 6) is -1.93. The minimum absolute atomic E-state index is 0.262. The van der Waals surface area contributed by atoms with E-state index in [-0.39, 0.29) is 5.75 Å². The first-order valence-corrected chi connectivity index (χ1v) is 5.03. The number of carboxylic acid groups (broad SMARTS) is 1. The van der Waals surface area contributed by atoms with E-state index in [2.05, 4.69) is 0 Å². The Morgan fingerprint density at radius 2 is 1.89 bits per heavy atom. The van der Waals surface area contributed by atoms with Gasteiger partial charge in [-0.15, -0.1) is 0 Å². The molecule has 0 aliphatic heterocycles. The molecule has 1 aromatic carbocycles. The van der Waals surface area contributed by atoms with E-state index in [1.165, 1.54) is 12.1 Å². The summed E-state index contributed by atoms with van der Waals surface area (Å²) in [6.45, 7) is 0. The van der Waals surface area contributed by atoms with Gasteiger partial charge in [0.2, 0.25) is 5.91 Å². The van der Waals surface area contributed by atoms with Gasteiger partial charge in [-0.25, -0.2) is 9.59 Å². The number of primary amides is 1. The van der Waals surface area contributed by atoms with Crippen molar-refractivity contribution in [3.8, 4) is 5.75 Å². The van der Waals surface area contributed by atoms with Crippen LogP contribution < -0.4 is 15.8 Å². The number of hydrogen-bond donors (Lipinski definition) is 3. The molecule has 0 saturated carbocycles. The van der Waals surface area contributed by atoms with Crippen molar-refractivity contribution >= 4 is 18.0 Å². The Kier molecular flexibility index (Phi) is 4.67. The van der Waals surface area contributed by atoms with Crippen LogP contribution in [0.15, 0.2) is 30.3 Å². The lowest BCUT2D eigenvalue weighted by Crippen LogP contribution is -2.44. The van der Waals surface area contributed by atoms with Crippen LogP contribution >= 0.6 is 0 Å². The first-order valence-electron chi connectivity index (χ1n) is 5.03. The van der Waals surface area contributed by atoms with Gasteiger partial charge in [0.25, 0.3) is 0 Å². The Morgan fingerprint density at radius 3 is 2.39 bits per heavy atom. The zero-order valence-electron chi connectivity index (χ0n) is 9.33. The van der Waals surface area contributed by atoms with Gasteiger partial charge in [-0.2, -0.15) is 0 Å². The number of benzene rings is 1. The third-order valence-electron chi connectivity index (χ3n) is 1.95. The SMILES string of the molecule is NC(=O)CC(NC(=O)Oc1ccccc1)C(=O)O. The Labute approximate surface area is 103 Å². The number of ether oxygens (including phenoxy) is 1. The highest BCUT2D eigenvalue weighted by atomic mass is 16.6. The summed E-state index contributed by atoms with van der Waals surface area (Å²) in [5.41, 5.74) is 4.87. The van der Waals surface area contributed by atoms with Crippen LogP contribution in [0, 0.1) is 0 Å². The highest BCUT2D eigenvalue weighted by molar-refractivity contribution is 5.86. The third kappa shape index (κ3) is 4.52. The number of carbonyl (C=O) groups excluding carboxylic acids is 2. The second kappa shape index (κ2) is 6.24. The quantitative estimate of drug-likeness (QED) is 0.686. The first-order chi connectivity index (χ1) is 8.49. The van der Waals surface area contributed by atoms with E-state index in [0.29, 0.717) is 0 Å². The maximum Gasteiger partial charge on any atom is 0.413 e. The summed E-state index contributed by atoms with van der Waals surface area (Å²) in [4.78, 5) is 32.7. The van der Waals surface area contributed by atoms with E-state index < -0.39 is 30.4 Å². The van der Waals surface area contributed by atoms with Crippen molar-refractivity contribution in [2.24, 2.45) is 5.73 Å². The molecule has 0 fully saturated rings. The van der Waals surface area contributed by atoms with E-state index >= 15 is 0 Å². The van der Waals surface area contributed by atoms with Crippen LogP contribution in [0.2, 0.25) is 0 Å². The molecule has 4 N–H and O–H groups in total. The largest absolute Gasteiger partial charge is 0.480 e. The van der Waals surface area contributed by atoms with Crippen LogP contribution in [0.1, 0.15) is 6.42 Å². The molecule has 0 bridgehead atoms. The lowest BCUT2D eigenvalue weighted by atomic mass is 10.2. The van der Waals surface area contributed by atoms with Crippen molar-refractivity contribution in [2.45, 2.75) is 12.5 Å². The van der Waals surface area contributed by atoms with Crippen molar-refractivity contribution in [3.05, 3.63) is 30.3 Å². The van der Waals surface area contributed by atoms with Crippen LogP contribution in [0.3, 0.4) is 0 Å². The monoisotopic (exact) mass is 252 g/mol. The highest BCUT2D eigenvalue weighted by Gasteiger charge is 2.22. The maximum atomic E-state index is 11.4. The first kappa shape index (κ1) is 13.5. The smallest absolute Gasteiger partial charge is 0.413 e. The van der Waals surface area contributed by atoms with Gasteiger partial charge in [-0.3, -0.25) is 4.79 Å². The minimum atomic E-state index is -1.40. The minimum Gasteiger partial charge on any atom is -0.480 e. The zero-order chi connectivity index (χ0) is 13.5. The highest BCUT2D eigenvalue weighted by Crippen LogP contribution is 2.08. The molecule has 0 aliphatic carbocycles. The number of nitrogens with one attached hydrogen (secondary N) is 1. The summed E-state index contributed by atoms with van der Waals surface area (Å²) in [5, 5.41) is 10.8. The summed E-state index contributed by atoms with van der Waals surface area (Å²) in [6.07, 6.45) is -1.46. The predicted octanol–water partition coefficient (Wildman–Crippen LogP) is 0.104. The summed E-state index contributed by atoms with van der Waals surface area (Å²) >= 11 is 0. The van der Waals surface area contributed by atoms with Crippen LogP contribution in [0.4, 0.5) is 4.79 Å². The number of amides is 2. The van der Waals surface area contributed by atoms with E-state index in [0.717, 1.165) is 0 Å². The van der Waals surface area contributed by atoms with Gasteiger partial charge in [0.1, 0.15) is 11.8 Å². The zero-order valence-corrected chi connectivity index (χ0v) is 9.33. The van der Waals surface area contributed by atoms with Gasteiger partial charge in [-0.1, -0.05) is 18.2 Å². The lowest BCUT2D eigenvalue weighted by Gasteiger charge is -2.12. The van der Waals surface area contributed by atoms with Gasteiger partial charge in [0.15, 0.2) is 0 Å². The lowest BCUT2D eigenvalue weighted by molar-refractivity contribution is -0.141. The van der Waals surface area contributed by atoms with Crippen molar-refractivity contribution in [1.82, 2.24) is 5.32 Å². The van der Waals surface area contributed by atoms with Crippen molar-refractivity contribution in [2.75, 3.05) is 0 Å². The number of rotatable bonds is 5. The molecule has 7 nitrogen and oxygen atoms in total. The normalized spacial score (nSPS) is 11.3. The van der Waals surface area contributed by atoms with E-state index in [1.807, 2.05) is 5.32 Å². The molecule has 0 heterocycles. The maximum absolute atomic E-state index is 11.4. The summed E-state index contributed by atoms with van der Waals surface area (Å²) in [7, 11) is 0. The molecule has 0 spiro atoms. The predicted molar refractivity (Wildman–Crippen MR) is 60.8 cm³/mol. The molecular weight excluding hydrogens is 240 g/mol. The van der Waals surface area contributed by atoms with Crippen LogP contribution in [0.25, 0.3) is 0 Å². The molecule has 1 rings (SSSR count). The van der Waals surface area contributed by atoms with E-state index in [1.54, 1.807) is 18.2 Å². The molecule has 2 amide bonds. The standard InChI is InChI=1S/C11H12N2O5/c12-9(14)6-8(10(15)16)13-11(17)18-7-4-2-1-3-5-7/h1-5,8H,6H2,(H2,12,14)(H,13,17)(H,15,16). The summed E-state index contributed by atoms with van der Waals surface area (Å²) in [6, 6.07) is 6.70. The molecule has 0 saturated heterocycles. The van der Waals surface area contributed by atoms with Crippen molar-refractivity contribution in [3.63, 3.8) is 0 Å². The number of hydrogen-bond acceptors (Lipinski definition) is 4. The molecule has 0 aromatic heterocycles. The van der Waals surface area contributed by atoms with Gasteiger partial charge in [0.05, 0.1) is 6.42 Å². The number of carboxylic acids is 1. The van der Waals surface area contributed by atoms with Gasteiger partial charge in [0, 0.05) is 0 Å². The average Bonchev–Trinajstić information content (AvgIpc) is 2.28. The second-order valence-electron chi connectivity index (χ2n) is 3.41. The van der Waals surface area contributed by atoms with Crippen LogP contribution in [0.5, 0.6) is 5.75 Å². The third-order valence-corrected chi connectivity index (χ3v) is 1.95. The van der Waals surface area contributed by atoms with Crippen molar-refractivity contribution in [1.29, 1.82) is 0 Å². The molecule has 7 heteroatoms. The number of aliphatic carboxylic acids is 1. The molecule has 1 atom stereocenters. The van der Waals surface area contributed by atoms with E-state index in [9.17, 15) is 14.4 Å². The molecule has 1 aromatic rings. The number of nitrogens with two attached hydrogens (primary N) is 1. The van der Waals surface area contributed by atoms with Crippen LogP contribution in [-0.4, -0.2) is 29.1 Å². The Morgan fingerprint density at radius 1 is 1.28 bits per heavy atom. The topological polar surface area (TPSA) is 119 Å². The van der Waals surface area contributed by atoms with Gasteiger partial charge < -0.3 is 20.9 Å². The molecule has 0 aliphatic rings. The Bertz CT molecular complexity index is 446. The molecule has 18 heavy (non-hydrogen) atoms. The fraction of sp³-hybridized carbons (Fsp3) is 0.182. The van der Waals surface area contributed by atoms with Crippen molar-refractivity contribution < 1.29 is 24.2 Å². The Hall–Kier alpha value is -2.57.